The number of hydrogen-bond acceptors (Lipinski definition) is 4. The Bertz CT molecular complexity index is 664. The van der Waals surface area contributed by atoms with Crippen LogP contribution in [-0.2, 0) is 6.54 Å². The van der Waals surface area contributed by atoms with E-state index in [1.807, 2.05) is 18.4 Å². The molecule has 0 aliphatic carbocycles. The number of ether oxygens (including phenoxy) is 1. The van der Waals surface area contributed by atoms with E-state index in [1.54, 1.807) is 16.7 Å². The number of nitriles is 1. The minimum Gasteiger partial charge on any atom is -0.495 e. The van der Waals surface area contributed by atoms with Crippen molar-refractivity contribution in [2.45, 2.75) is 13.5 Å². The molecule has 0 N–H and O–H groups in total. The van der Waals surface area contributed by atoms with E-state index in [1.165, 1.54) is 18.4 Å². The summed E-state index contributed by atoms with van der Waals surface area (Å²) in [6.07, 6.45) is 0. The Kier molecular flexibility index (Phi) is 3.49. The fraction of sp³-hybridized carbons (Fsp3) is 0.231. The minimum absolute atomic E-state index is 0.0239. The summed E-state index contributed by atoms with van der Waals surface area (Å²) >= 11 is 1.19. The highest BCUT2D eigenvalue weighted by atomic mass is 32.1. The number of rotatable bonds is 3. The van der Waals surface area contributed by atoms with E-state index in [4.69, 9.17) is 10.00 Å². The van der Waals surface area contributed by atoms with Crippen molar-refractivity contribution >= 4 is 11.3 Å². The van der Waals surface area contributed by atoms with Gasteiger partial charge in [-0.2, -0.15) is 5.26 Å². The Labute approximate surface area is 109 Å². The molecule has 1 aromatic carbocycles. The topological polar surface area (TPSA) is 55.0 Å². The number of benzene rings is 1. The summed E-state index contributed by atoms with van der Waals surface area (Å²) in [5.74, 6) is 0.538. The van der Waals surface area contributed by atoms with Crippen molar-refractivity contribution in [1.82, 2.24) is 4.57 Å². The van der Waals surface area contributed by atoms with Crippen LogP contribution in [0.4, 0.5) is 0 Å². The molecule has 5 heteroatoms. The van der Waals surface area contributed by atoms with Gasteiger partial charge in [-0.25, -0.2) is 0 Å². The molecule has 0 amide bonds. The molecule has 4 nitrogen and oxygen atoms in total. The highest BCUT2D eigenvalue weighted by Gasteiger charge is 2.07. The Morgan fingerprint density at radius 2 is 2.28 bits per heavy atom. The molecule has 2 rings (SSSR count). The van der Waals surface area contributed by atoms with Gasteiger partial charge < -0.3 is 4.74 Å². The van der Waals surface area contributed by atoms with Crippen molar-refractivity contribution in [2.24, 2.45) is 0 Å². The van der Waals surface area contributed by atoms with Gasteiger partial charge in [-0.1, -0.05) is 17.4 Å². The molecule has 92 valence electrons. The van der Waals surface area contributed by atoms with E-state index >= 15 is 0 Å². The first kappa shape index (κ1) is 12.4. The van der Waals surface area contributed by atoms with E-state index in [-0.39, 0.29) is 4.87 Å². The number of aromatic nitrogens is 1. The monoisotopic (exact) mass is 260 g/mol. The second-order valence-electron chi connectivity index (χ2n) is 3.88. The van der Waals surface area contributed by atoms with Gasteiger partial charge in [-0.3, -0.25) is 9.36 Å². The van der Waals surface area contributed by atoms with Gasteiger partial charge in [-0.15, -0.1) is 0 Å². The largest absolute Gasteiger partial charge is 0.495 e. The van der Waals surface area contributed by atoms with Gasteiger partial charge >= 0.3 is 4.87 Å². The van der Waals surface area contributed by atoms with Crippen LogP contribution in [0.15, 0.2) is 28.4 Å². The summed E-state index contributed by atoms with van der Waals surface area (Å²) < 4.78 is 6.85. The first-order valence-electron chi connectivity index (χ1n) is 5.37. The smallest absolute Gasteiger partial charge is 0.307 e. The van der Waals surface area contributed by atoms with Gasteiger partial charge in [0, 0.05) is 11.1 Å². The first-order chi connectivity index (χ1) is 8.65. The van der Waals surface area contributed by atoms with Gasteiger partial charge in [0.15, 0.2) is 0 Å². The predicted molar refractivity (Wildman–Crippen MR) is 70.1 cm³/mol. The van der Waals surface area contributed by atoms with Gasteiger partial charge in [0.1, 0.15) is 11.8 Å². The summed E-state index contributed by atoms with van der Waals surface area (Å²) in [4.78, 5) is 11.6. The molecule has 2 aromatic rings. The quantitative estimate of drug-likeness (QED) is 0.849. The molecule has 1 aromatic heterocycles. The lowest BCUT2D eigenvalue weighted by Crippen LogP contribution is -2.15. The number of methoxy groups -OCH3 is 1. The van der Waals surface area contributed by atoms with Gasteiger partial charge in [0.05, 0.1) is 19.2 Å². The van der Waals surface area contributed by atoms with Crippen LogP contribution in [0.1, 0.15) is 16.8 Å². The molecular formula is C13H12N2O2S. The predicted octanol–water partition coefficient (Wildman–Crippen LogP) is 2.15. The maximum absolute atomic E-state index is 11.6. The summed E-state index contributed by atoms with van der Waals surface area (Å²) in [5, 5.41) is 10.7. The standard InChI is InChI=1S/C13H12N2O2S/c1-9-8-18-13(16)15(9)7-10-3-4-11(6-14)12(5-10)17-2/h3-5,8H,7H2,1-2H3. The van der Waals surface area contributed by atoms with Crippen molar-refractivity contribution in [3.8, 4) is 11.8 Å². The molecular weight excluding hydrogens is 248 g/mol. The molecule has 0 saturated heterocycles. The lowest BCUT2D eigenvalue weighted by Gasteiger charge is -2.08. The Morgan fingerprint density at radius 1 is 1.50 bits per heavy atom. The molecule has 0 bridgehead atoms. The first-order valence-corrected chi connectivity index (χ1v) is 6.25. The van der Waals surface area contributed by atoms with Crippen molar-refractivity contribution in [3.05, 3.63) is 50.1 Å². The van der Waals surface area contributed by atoms with Crippen LogP contribution in [0.3, 0.4) is 0 Å². The summed E-state index contributed by atoms with van der Waals surface area (Å²) in [7, 11) is 1.53. The molecule has 0 fully saturated rings. The fourth-order valence-electron chi connectivity index (χ4n) is 1.71. The van der Waals surface area contributed by atoms with Crippen molar-refractivity contribution in [1.29, 1.82) is 5.26 Å². The second-order valence-corrected chi connectivity index (χ2v) is 4.70. The highest BCUT2D eigenvalue weighted by molar-refractivity contribution is 7.07. The summed E-state index contributed by atoms with van der Waals surface area (Å²) in [5.41, 5.74) is 2.37. The van der Waals surface area contributed by atoms with Crippen LogP contribution in [0.2, 0.25) is 0 Å². The zero-order valence-corrected chi connectivity index (χ0v) is 11.0. The number of nitrogens with zero attached hydrogens (tertiary/aromatic N) is 2. The molecule has 0 spiro atoms. The Hall–Kier alpha value is -2.06. The normalized spacial score (nSPS) is 10.1. The van der Waals surface area contributed by atoms with E-state index < -0.39 is 0 Å². The van der Waals surface area contributed by atoms with Crippen LogP contribution < -0.4 is 9.61 Å². The minimum atomic E-state index is 0.0239. The number of aryl methyl sites for hydroxylation is 1. The van der Waals surface area contributed by atoms with E-state index in [9.17, 15) is 4.79 Å². The number of hydrogen-bond donors (Lipinski definition) is 0. The second kappa shape index (κ2) is 5.07. The summed E-state index contributed by atoms with van der Waals surface area (Å²) in [6.45, 7) is 2.40. The molecule has 0 aliphatic rings. The highest BCUT2D eigenvalue weighted by Crippen LogP contribution is 2.20. The van der Waals surface area contributed by atoms with Crippen LogP contribution in [0.25, 0.3) is 0 Å². The van der Waals surface area contributed by atoms with Crippen LogP contribution in [0, 0.1) is 18.3 Å². The third kappa shape index (κ3) is 2.29. The average molecular weight is 260 g/mol. The molecule has 0 unspecified atom stereocenters. The van der Waals surface area contributed by atoms with Gasteiger partial charge in [0.2, 0.25) is 0 Å². The van der Waals surface area contributed by atoms with Crippen LogP contribution in [0.5, 0.6) is 5.75 Å². The third-order valence-corrected chi connectivity index (χ3v) is 3.58. The average Bonchev–Trinajstić information content (AvgIpc) is 2.70. The Balaban J connectivity index is 2.37. The third-order valence-electron chi connectivity index (χ3n) is 2.70. The lowest BCUT2D eigenvalue weighted by atomic mass is 10.1. The van der Waals surface area contributed by atoms with Crippen molar-refractivity contribution in [3.63, 3.8) is 0 Å². The van der Waals surface area contributed by atoms with E-state index in [0.29, 0.717) is 17.9 Å². The Morgan fingerprint density at radius 3 is 2.83 bits per heavy atom. The molecule has 0 saturated carbocycles. The SMILES string of the molecule is COc1cc(Cn2c(C)csc2=O)ccc1C#N. The molecule has 0 atom stereocenters. The maximum atomic E-state index is 11.6. The van der Waals surface area contributed by atoms with Crippen LogP contribution >= 0.6 is 11.3 Å². The maximum Gasteiger partial charge on any atom is 0.307 e. The van der Waals surface area contributed by atoms with Crippen LogP contribution in [-0.4, -0.2) is 11.7 Å². The van der Waals surface area contributed by atoms with Gasteiger partial charge in [0.25, 0.3) is 0 Å². The zero-order valence-electron chi connectivity index (χ0n) is 10.1. The van der Waals surface area contributed by atoms with Crippen molar-refractivity contribution < 1.29 is 4.74 Å². The summed E-state index contributed by atoms with van der Waals surface area (Å²) in [6, 6.07) is 7.40. The molecule has 0 radical (unpaired) electrons. The fourth-order valence-corrected chi connectivity index (χ4v) is 2.44. The molecule has 0 aliphatic heterocycles. The van der Waals surface area contributed by atoms with Crippen molar-refractivity contribution in [2.75, 3.05) is 7.11 Å². The van der Waals surface area contributed by atoms with E-state index in [0.717, 1.165) is 11.3 Å². The zero-order chi connectivity index (χ0) is 13.1. The van der Waals surface area contributed by atoms with E-state index in [2.05, 4.69) is 6.07 Å². The lowest BCUT2D eigenvalue weighted by molar-refractivity contribution is 0.413. The molecule has 1 heterocycles. The van der Waals surface area contributed by atoms with Gasteiger partial charge in [-0.05, 0) is 24.6 Å². The number of thiazole rings is 1. The molecule has 18 heavy (non-hydrogen) atoms.